The predicted octanol–water partition coefficient (Wildman–Crippen LogP) is 2.60. The summed E-state index contributed by atoms with van der Waals surface area (Å²) in [5.74, 6) is -0.668. The van der Waals surface area contributed by atoms with Gasteiger partial charge in [0.1, 0.15) is 5.82 Å². The maximum atomic E-state index is 13.6. The summed E-state index contributed by atoms with van der Waals surface area (Å²) in [6.07, 6.45) is 3.40. The van der Waals surface area contributed by atoms with Crippen LogP contribution < -0.4 is 5.32 Å². The lowest BCUT2D eigenvalue weighted by Gasteiger charge is -2.26. The van der Waals surface area contributed by atoms with Crippen LogP contribution in [0.3, 0.4) is 0 Å². The molecular weight excluding hydrogens is 257 g/mol. The molecule has 3 unspecified atom stereocenters. The van der Waals surface area contributed by atoms with Crippen molar-refractivity contribution in [3.63, 3.8) is 0 Å². The normalized spacial score (nSPS) is 24.1. The summed E-state index contributed by atoms with van der Waals surface area (Å²) in [4.78, 5) is 12.1. The van der Waals surface area contributed by atoms with Crippen LogP contribution in [0.4, 0.5) is 4.39 Å². The first-order chi connectivity index (χ1) is 9.58. The quantitative estimate of drug-likeness (QED) is 0.890. The van der Waals surface area contributed by atoms with Crippen molar-refractivity contribution < 1.29 is 14.3 Å². The molecule has 1 fully saturated rings. The molecule has 1 amide bonds. The van der Waals surface area contributed by atoms with E-state index in [0.29, 0.717) is 18.0 Å². The molecule has 110 valence electrons. The SMILES string of the molecule is CC(C(=O)NCC1CCCC(O)C1)c1ccccc1F. The number of amides is 1. The molecule has 1 aromatic carbocycles. The molecule has 1 saturated carbocycles. The number of hydrogen-bond acceptors (Lipinski definition) is 2. The Balaban J connectivity index is 1.87. The Morgan fingerprint density at radius 2 is 2.20 bits per heavy atom. The number of hydrogen-bond donors (Lipinski definition) is 2. The predicted molar refractivity (Wildman–Crippen MR) is 75.8 cm³/mol. The maximum Gasteiger partial charge on any atom is 0.227 e. The van der Waals surface area contributed by atoms with Crippen molar-refractivity contribution in [3.05, 3.63) is 35.6 Å². The van der Waals surface area contributed by atoms with Crippen molar-refractivity contribution in [1.29, 1.82) is 0 Å². The van der Waals surface area contributed by atoms with Crippen molar-refractivity contribution in [2.24, 2.45) is 5.92 Å². The second-order valence-corrected chi connectivity index (χ2v) is 5.67. The molecule has 0 bridgehead atoms. The maximum absolute atomic E-state index is 13.6. The van der Waals surface area contributed by atoms with Gasteiger partial charge in [-0.3, -0.25) is 4.79 Å². The zero-order chi connectivity index (χ0) is 14.5. The van der Waals surface area contributed by atoms with Gasteiger partial charge in [0.25, 0.3) is 0 Å². The van der Waals surface area contributed by atoms with E-state index in [1.807, 2.05) is 0 Å². The molecule has 0 radical (unpaired) electrons. The van der Waals surface area contributed by atoms with Crippen LogP contribution in [0.15, 0.2) is 24.3 Å². The first kappa shape index (κ1) is 15.0. The van der Waals surface area contributed by atoms with Crippen molar-refractivity contribution in [2.45, 2.75) is 44.6 Å². The lowest BCUT2D eigenvalue weighted by molar-refractivity contribution is -0.122. The van der Waals surface area contributed by atoms with Gasteiger partial charge in [-0.15, -0.1) is 0 Å². The summed E-state index contributed by atoms with van der Waals surface area (Å²) in [6.45, 7) is 2.28. The largest absolute Gasteiger partial charge is 0.393 e. The molecule has 0 saturated heterocycles. The standard InChI is InChI=1S/C16H22FNO2/c1-11(14-7-2-3-8-15(14)17)16(20)18-10-12-5-4-6-13(19)9-12/h2-3,7-8,11-13,19H,4-6,9-10H2,1H3,(H,18,20). The Bertz CT molecular complexity index is 464. The monoisotopic (exact) mass is 279 g/mol. The van der Waals surface area contributed by atoms with E-state index in [1.165, 1.54) is 6.07 Å². The molecule has 20 heavy (non-hydrogen) atoms. The smallest absolute Gasteiger partial charge is 0.227 e. The van der Waals surface area contributed by atoms with Crippen LogP contribution >= 0.6 is 0 Å². The number of nitrogens with one attached hydrogen (secondary N) is 1. The molecule has 3 nitrogen and oxygen atoms in total. The Hall–Kier alpha value is -1.42. The van der Waals surface area contributed by atoms with Gasteiger partial charge in [0.2, 0.25) is 5.91 Å². The molecule has 1 aliphatic carbocycles. The Morgan fingerprint density at radius 3 is 2.90 bits per heavy atom. The summed E-state index contributed by atoms with van der Waals surface area (Å²) >= 11 is 0. The molecule has 1 aromatic rings. The number of halogens is 1. The Labute approximate surface area is 119 Å². The van der Waals surface area contributed by atoms with Gasteiger partial charge in [-0.2, -0.15) is 0 Å². The van der Waals surface area contributed by atoms with Gasteiger partial charge in [-0.05, 0) is 43.7 Å². The molecule has 0 aromatic heterocycles. The Kier molecular flexibility index (Phi) is 5.12. The van der Waals surface area contributed by atoms with Crippen LogP contribution in [-0.4, -0.2) is 23.7 Å². The molecule has 1 aliphatic rings. The van der Waals surface area contributed by atoms with Crippen LogP contribution in [0.1, 0.15) is 44.1 Å². The second kappa shape index (κ2) is 6.84. The van der Waals surface area contributed by atoms with Crippen molar-refractivity contribution >= 4 is 5.91 Å². The fourth-order valence-electron chi connectivity index (χ4n) is 2.81. The lowest BCUT2D eigenvalue weighted by Crippen LogP contribution is -2.35. The zero-order valence-electron chi connectivity index (χ0n) is 11.8. The number of carbonyl (C=O) groups excluding carboxylic acids is 1. The van der Waals surface area contributed by atoms with E-state index in [-0.39, 0.29) is 17.8 Å². The minimum absolute atomic E-state index is 0.157. The van der Waals surface area contributed by atoms with E-state index in [9.17, 15) is 14.3 Å². The highest BCUT2D eigenvalue weighted by atomic mass is 19.1. The minimum Gasteiger partial charge on any atom is -0.393 e. The van der Waals surface area contributed by atoms with Gasteiger partial charge < -0.3 is 10.4 Å². The molecular formula is C16H22FNO2. The summed E-state index contributed by atoms with van der Waals surface area (Å²) in [7, 11) is 0. The fourth-order valence-corrected chi connectivity index (χ4v) is 2.81. The third-order valence-electron chi connectivity index (χ3n) is 4.09. The minimum atomic E-state index is -0.496. The molecule has 4 heteroatoms. The van der Waals surface area contributed by atoms with E-state index in [1.54, 1.807) is 25.1 Å². The van der Waals surface area contributed by atoms with Gasteiger partial charge in [-0.1, -0.05) is 24.6 Å². The number of carbonyl (C=O) groups is 1. The van der Waals surface area contributed by atoms with Crippen molar-refractivity contribution in [2.75, 3.05) is 6.54 Å². The number of aliphatic hydroxyl groups is 1. The van der Waals surface area contributed by atoms with Gasteiger partial charge in [0, 0.05) is 6.54 Å². The summed E-state index contributed by atoms with van der Waals surface area (Å²) in [5.41, 5.74) is 0.425. The number of rotatable bonds is 4. The third-order valence-corrected chi connectivity index (χ3v) is 4.09. The van der Waals surface area contributed by atoms with Gasteiger partial charge >= 0.3 is 0 Å². The van der Waals surface area contributed by atoms with E-state index >= 15 is 0 Å². The first-order valence-corrected chi connectivity index (χ1v) is 7.28. The average Bonchev–Trinajstić information content (AvgIpc) is 2.44. The molecule has 0 spiro atoms. The van der Waals surface area contributed by atoms with Crippen molar-refractivity contribution in [3.8, 4) is 0 Å². The highest BCUT2D eigenvalue weighted by molar-refractivity contribution is 5.83. The highest BCUT2D eigenvalue weighted by Gasteiger charge is 2.23. The highest BCUT2D eigenvalue weighted by Crippen LogP contribution is 2.24. The van der Waals surface area contributed by atoms with E-state index in [4.69, 9.17) is 0 Å². The molecule has 3 atom stereocenters. The van der Waals surface area contributed by atoms with Crippen molar-refractivity contribution in [1.82, 2.24) is 5.32 Å². The van der Waals surface area contributed by atoms with Crippen LogP contribution in [-0.2, 0) is 4.79 Å². The number of aliphatic hydroxyl groups excluding tert-OH is 1. The van der Waals surface area contributed by atoms with E-state index in [2.05, 4.69) is 5.32 Å². The topological polar surface area (TPSA) is 49.3 Å². The molecule has 0 aliphatic heterocycles. The zero-order valence-corrected chi connectivity index (χ0v) is 11.8. The average molecular weight is 279 g/mol. The van der Waals surface area contributed by atoms with E-state index in [0.717, 1.165) is 25.7 Å². The van der Waals surface area contributed by atoms with Crippen LogP contribution in [0.2, 0.25) is 0 Å². The fraction of sp³-hybridized carbons (Fsp3) is 0.562. The second-order valence-electron chi connectivity index (χ2n) is 5.67. The third kappa shape index (κ3) is 3.79. The molecule has 2 rings (SSSR count). The first-order valence-electron chi connectivity index (χ1n) is 7.28. The van der Waals surface area contributed by atoms with Gasteiger partial charge in [0.05, 0.1) is 12.0 Å². The van der Waals surface area contributed by atoms with Crippen LogP contribution in [0.5, 0.6) is 0 Å². The van der Waals surface area contributed by atoms with Crippen LogP contribution in [0.25, 0.3) is 0 Å². The number of benzene rings is 1. The van der Waals surface area contributed by atoms with Gasteiger partial charge in [0.15, 0.2) is 0 Å². The Morgan fingerprint density at radius 1 is 1.45 bits per heavy atom. The summed E-state index contributed by atoms with van der Waals surface area (Å²) in [5, 5.41) is 12.5. The van der Waals surface area contributed by atoms with Gasteiger partial charge in [-0.25, -0.2) is 4.39 Å². The summed E-state index contributed by atoms with van der Waals surface area (Å²) in [6, 6.07) is 6.37. The van der Waals surface area contributed by atoms with E-state index < -0.39 is 5.92 Å². The van der Waals surface area contributed by atoms with Crippen LogP contribution in [0, 0.1) is 11.7 Å². The summed E-state index contributed by atoms with van der Waals surface area (Å²) < 4.78 is 13.6. The lowest BCUT2D eigenvalue weighted by atomic mass is 9.87. The molecule has 2 N–H and O–H groups in total. The molecule has 0 heterocycles.